The zero-order chi connectivity index (χ0) is 13.6. The molecule has 0 amide bonds. The van der Waals surface area contributed by atoms with Gasteiger partial charge in [-0.25, -0.2) is 4.79 Å². The maximum atomic E-state index is 10.8. The second kappa shape index (κ2) is 4.33. The van der Waals surface area contributed by atoms with Crippen molar-refractivity contribution in [2.24, 2.45) is 0 Å². The lowest BCUT2D eigenvalue weighted by atomic mass is 10.2. The number of H-pyrrole nitrogens is 1. The van der Waals surface area contributed by atoms with Gasteiger partial charge in [0.2, 0.25) is 5.76 Å². The number of halogens is 2. The molecule has 6 heteroatoms. The number of carboxylic acid groups (broad SMARTS) is 1. The van der Waals surface area contributed by atoms with Gasteiger partial charge >= 0.3 is 5.97 Å². The van der Waals surface area contributed by atoms with Gasteiger partial charge in [-0.3, -0.25) is 0 Å². The number of aromatic carboxylic acids is 1. The SMILES string of the molecule is O=C(O)c1ccc(-c2cc3cc(Cl)c(Cl)cc3[nH]2)o1. The van der Waals surface area contributed by atoms with E-state index >= 15 is 0 Å². The van der Waals surface area contributed by atoms with E-state index in [1.54, 1.807) is 18.2 Å². The van der Waals surface area contributed by atoms with E-state index in [2.05, 4.69) is 4.98 Å². The quantitative estimate of drug-likeness (QED) is 0.735. The number of aromatic amines is 1. The zero-order valence-electron chi connectivity index (χ0n) is 9.41. The molecule has 4 nitrogen and oxygen atoms in total. The first kappa shape index (κ1) is 12.1. The molecule has 1 aromatic carbocycles. The molecule has 0 bridgehead atoms. The molecule has 0 spiro atoms. The molecule has 0 saturated carbocycles. The lowest BCUT2D eigenvalue weighted by Gasteiger charge is -1.94. The van der Waals surface area contributed by atoms with Crippen LogP contribution in [0.2, 0.25) is 10.0 Å². The molecule has 3 rings (SSSR count). The number of fused-ring (bicyclic) bond motifs is 1. The molecule has 2 N–H and O–H groups in total. The maximum Gasteiger partial charge on any atom is 0.371 e. The van der Waals surface area contributed by atoms with E-state index in [1.165, 1.54) is 6.07 Å². The minimum absolute atomic E-state index is 0.107. The van der Waals surface area contributed by atoms with Crippen molar-refractivity contribution < 1.29 is 14.3 Å². The smallest absolute Gasteiger partial charge is 0.371 e. The van der Waals surface area contributed by atoms with E-state index in [0.29, 0.717) is 21.5 Å². The molecular formula is C13H7Cl2NO3. The second-order valence-corrected chi connectivity index (χ2v) is 4.82. The zero-order valence-corrected chi connectivity index (χ0v) is 10.9. The third kappa shape index (κ3) is 2.09. The summed E-state index contributed by atoms with van der Waals surface area (Å²) in [5.74, 6) is -0.765. The molecule has 0 aliphatic rings. The van der Waals surface area contributed by atoms with E-state index in [4.69, 9.17) is 32.7 Å². The van der Waals surface area contributed by atoms with Crippen LogP contribution in [0.3, 0.4) is 0 Å². The van der Waals surface area contributed by atoms with Crippen LogP contribution < -0.4 is 0 Å². The lowest BCUT2D eigenvalue weighted by molar-refractivity contribution is 0.0663. The molecule has 3 aromatic rings. The third-order valence-corrected chi connectivity index (χ3v) is 3.47. The van der Waals surface area contributed by atoms with Crippen molar-refractivity contribution in [2.45, 2.75) is 0 Å². The first-order valence-corrected chi connectivity index (χ1v) is 6.11. The van der Waals surface area contributed by atoms with E-state index in [-0.39, 0.29) is 5.76 Å². The van der Waals surface area contributed by atoms with E-state index < -0.39 is 5.97 Å². The normalized spacial score (nSPS) is 11.1. The van der Waals surface area contributed by atoms with Crippen LogP contribution in [0, 0.1) is 0 Å². The Morgan fingerprint density at radius 1 is 1.16 bits per heavy atom. The van der Waals surface area contributed by atoms with Gasteiger partial charge in [-0.15, -0.1) is 0 Å². The van der Waals surface area contributed by atoms with Gasteiger partial charge in [0, 0.05) is 10.9 Å². The number of carboxylic acids is 1. The molecule has 2 heterocycles. The Morgan fingerprint density at radius 3 is 2.58 bits per heavy atom. The summed E-state index contributed by atoms with van der Waals surface area (Å²) in [6.07, 6.45) is 0. The van der Waals surface area contributed by atoms with Crippen LogP contribution in [-0.4, -0.2) is 16.1 Å². The Balaban J connectivity index is 2.12. The number of carbonyl (C=O) groups is 1. The van der Waals surface area contributed by atoms with Crippen LogP contribution in [0.1, 0.15) is 10.6 Å². The summed E-state index contributed by atoms with van der Waals surface area (Å²) in [6.45, 7) is 0. The van der Waals surface area contributed by atoms with Crippen molar-refractivity contribution >= 4 is 40.1 Å². The van der Waals surface area contributed by atoms with Crippen LogP contribution in [0.15, 0.2) is 34.7 Å². The van der Waals surface area contributed by atoms with Gasteiger partial charge in [0.25, 0.3) is 0 Å². The Bertz CT molecular complexity index is 749. The molecule has 0 unspecified atom stereocenters. The van der Waals surface area contributed by atoms with Gasteiger partial charge in [0.15, 0.2) is 5.76 Å². The predicted molar refractivity (Wildman–Crippen MR) is 73.0 cm³/mol. The Hall–Kier alpha value is -1.91. The van der Waals surface area contributed by atoms with Crippen LogP contribution in [0.25, 0.3) is 22.4 Å². The fraction of sp³-hybridized carbons (Fsp3) is 0. The highest BCUT2D eigenvalue weighted by Crippen LogP contribution is 2.31. The highest BCUT2D eigenvalue weighted by Gasteiger charge is 2.13. The number of furan rings is 1. The molecule has 19 heavy (non-hydrogen) atoms. The monoisotopic (exact) mass is 295 g/mol. The number of rotatable bonds is 2. The van der Waals surface area contributed by atoms with Gasteiger partial charge in [-0.2, -0.15) is 0 Å². The van der Waals surface area contributed by atoms with Crippen LogP contribution >= 0.6 is 23.2 Å². The van der Waals surface area contributed by atoms with Crippen molar-refractivity contribution in [3.05, 3.63) is 46.1 Å². The Kier molecular flexibility index (Phi) is 2.77. The van der Waals surface area contributed by atoms with E-state index in [0.717, 1.165) is 10.9 Å². The number of benzene rings is 1. The topological polar surface area (TPSA) is 66.2 Å². The van der Waals surface area contributed by atoms with Crippen LogP contribution in [0.5, 0.6) is 0 Å². The summed E-state index contributed by atoms with van der Waals surface area (Å²) in [5.41, 5.74) is 1.47. The average molecular weight is 296 g/mol. The Labute approximate surface area is 117 Å². The number of nitrogens with one attached hydrogen (secondary N) is 1. The van der Waals surface area contributed by atoms with Crippen molar-refractivity contribution in [1.82, 2.24) is 4.98 Å². The summed E-state index contributed by atoms with van der Waals surface area (Å²) >= 11 is 11.9. The standard InChI is InChI=1S/C13H7Cl2NO3/c14-7-3-6-4-10(16-9(6)5-8(7)15)11-1-2-12(19-11)13(17)18/h1-5,16H,(H,17,18). The molecule has 0 atom stereocenters. The first-order chi connectivity index (χ1) is 9.04. The van der Waals surface area contributed by atoms with E-state index in [9.17, 15) is 4.79 Å². The van der Waals surface area contributed by atoms with Crippen molar-refractivity contribution in [1.29, 1.82) is 0 Å². The van der Waals surface area contributed by atoms with Gasteiger partial charge in [0.1, 0.15) is 0 Å². The second-order valence-electron chi connectivity index (χ2n) is 4.01. The van der Waals surface area contributed by atoms with Crippen molar-refractivity contribution in [3.63, 3.8) is 0 Å². The fourth-order valence-corrected chi connectivity index (χ4v) is 2.19. The van der Waals surface area contributed by atoms with Gasteiger partial charge < -0.3 is 14.5 Å². The van der Waals surface area contributed by atoms with Crippen LogP contribution in [0.4, 0.5) is 0 Å². The van der Waals surface area contributed by atoms with Gasteiger partial charge in [-0.1, -0.05) is 23.2 Å². The molecule has 0 radical (unpaired) electrons. The molecule has 0 aliphatic carbocycles. The molecule has 0 saturated heterocycles. The van der Waals surface area contributed by atoms with Gasteiger partial charge in [0.05, 0.1) is 15.7 Å². The number of hydrogen-bond donors (Lipinski definition) is 2. The Morgan fingerprint density at radius 2 is 1.89 bits per heavy atom. The highest BCUT2D eigenvalue weighted by atomic mass is 35.5. The highest BCUT2D eigenvalue weighted by molar-refractivity contribution is 6.42. The molecule has 0 fully saturated rings. The molecule has 0 aliphatic heterocycles. The van der Waals surface area contributed by atoms with E-state index in [1.807, 2.05) is 6.07 Å². The van der Waals surface area contributed by atoms with Crippen molar-refractivity contribution in [2.75, 3.05) is 0 Å². The predicted octanol–water partition coefficient (Wildman–Crippen LogP) is 4.43. The summed E-state index contributed by atoms with van der Waals surface area (Å²) in [5, 5.41) is 10.6. The first-order valence-electron chi connectivity index (χ1n) is 5.36. The van der Waals surface area contributed by atoms with Gasteiger partial charge in [-0.05, 0) is 30.3 Å². The summed E-state index contributed by atoms with van der Waals surface area (Å²) in [7, 11) is 0. The molecular weight excluding hydrogens is 289 g/mol. The molecule has 2 aromatic heterocycles. The summed E-state index contributed by atoms with van der Waals surface area (Å²) in [6, 6.07) is 8.27. The van der Waals surface area contributed by atoms with Crippen LogP contribution in [-0.2, 0) is 0 Å². The third-order valence-electron chi connectivity index (χ3n) is 2.74. The largest absolute Gasteiger partial charge is 0.475 e. The minimum atomic E-state index is -1.10. The lowest BCUT2D eigenvalue weighted by Crippen LogP contribution is -1.91. The summed E-state index contributed by atoms with van der Waals surface area (Å²) < 4.78 is 5.22. The van der Waals surface area contributed by atoms with Crippen molar-refractivity contribution in [3.8, 4) is 11.5 Å². The number of hydrogen-bond acceptors (Lipinski definition) is 2. The fourth-order valence-electron chi connectivity index (χ4n) is 1.86. The minimum Gasteiger partial charge on any atom is -0.475 e. The molecule has 96 valence electrons. The summed E-state index contributed by atoms with van der Waals surface area (Å²) in [4.78, 5) is 13.9. The maximum absolute atomic E-state index is 10.8. The number of aromatic nitrogens is 1. The average Bonchev–Trinajstić information content (AvgIpc) is 2.95.